The van der Waals surface area contributed by atoms with Crippen molar-refractivity contribution in [2.45, 2.75) is 52.6 Å². The van der Waals surface area contributed by atoms with Gasteiger partial charge in [0.15, 0.2) is 0 Å². The Morgan fingerprint density at radius 2 is 1.68 bits per heavy atom. The summed E-state index contributed by atoms with van der Waals surface area (Å²) in [6.45, 7) is 8.50. The van der Waals surface area contributed by atoms with Gasteiger partial charge < -0.3 is 15.7 Å². The molecule has 3 N–H and O–H groups in total. The van der Waals surface area contributed by atoms with Crippen LogP contribution >= 0.6 is 0 Å². The maximum atomic E-state index is 10.3. The summed E-state index contributed by atoms with van der Waals surface area (Å²) in [6, 6.07) is 0. The van der Waals surface area contributed by atoms with E-state index in [1.807, 2.05) is 34.7 Å². The molecular weight excluding hydrogens is 240 g/mol. The molecule has 0 saturated carbocycles. The number of aliphatic hydroxyl groups is 1. The Labute approximate surface area is 115 Å². The molecule has 1 rings (SSSR count). The van der Waals surface area contributed by atoms with Crippen LogP contribution in [0.1, 0.15) is 45.0 Å². The Morgan fingerprint density at radius 3 is 2.16 bits per heavy atom. The summed E-state index contributed by atoms with van der Waals surface area (Å²) in [5, 5.41) is 16.7. The highest BCUT2D eigenvalue weighted by Gasteiger charge is 2.22. The number of hydrogen-bond donors (Lipinski definition) is 3. The van der Waals surface area contributed by atoms with E-state index in [0.717, 1.165) is 42.3 Å². The molecule has 1 aromatic heterocycles. The van der Waals surface area contributed by atoms with Crippen LogP contribution < -0.4 is 10.6 Å². The van der Waals surface area contributed by atoms with E-state index >= 15 is 0 Å². The smallest absolute Gasteiger partial charge is 0.134 e. The van der Waals surface area contributed by atoms with Crippen LogP contribution in [-0.2, 0) is 6.42 Å². The summed E-state index contributed by atoms with van der Waals surface area (Å²) >= 11 is 0. The average molecular weight is 266 g/mol. The molecule has 0 aliphatic rings. The third-order valence-corrected chi connectivity index (χ3v) is 3.65. The molecule has 0 amide bonds. The quantitative estimate of drug-likeness (QED) is 0.706. The Bertz CT molecular complexity index is 416. The molecule has 0 spiro atoms. The topological polar surface area (TPSA) is 70.1 Å². The fourth-order valence-electron chi connectivity index (χ4n) is 1.88. The summed E-state index contributed by atoms with van der Waals surface area (Å²) in [4.78, 5) is 8.93. The van der Waals surface area contributed by atoms with E-state index in [0.29, 0.717) is 6.54 Å². The van der Waals surface area contributed by atoms with Crippen molar-refractivity contribution in [1.82, 2.24) is 9.97 Å². The van der Waals surface area contributed by atoms with E-state index in [-0.39, 0.29) is 0 Å². The summed E-state index contributed by atoms with van der Waals surface area (Å²) in [7, 11) is 1.85. The van der Waals surface area contributed by atoms with E-state index in [1.165, 1.54) is 0 Å². The molecule has 108 valence electrons. The van der Waals surface area contributed by atoms with Crippen molar-refractivity contribution in [1.29, 1.82) is 0 Å². The normalized spacial score (nSPS) is 11.5. The molecule has 0 fully saturated rings. The predicted octanol–water partition coefficient (Wildman–Crippen LogP) is 2.35. The van der Waals surface area contributed by atoms with E-state index in [4.69, 9.17) is 0 Å². The Kier molecular flexibility index (Phi) is 5.54. The maximum Gasteiger partial charge on any atom is 0.134 e. The van der Waals surface area contributed by atoms with Crippen molar-refractivity contribution in [2.75, 3.05) is 24.2 Å². The number of nitrogens with one attached hydrogen (secondary N) is 2. The first kappa shape index (κ1) is 15.7. The van der Waals surface area contributed by atoms with Crippen LogP contribution in [0.2, 0.25) is 0 Å². The number of aryl methyl sites for hydroxylation is 1. The predicted molar refractivity (Wildman–Crippen MR) is 79.7 cm³/mol. The number of rotatable bonds is 7. The summed E-state index contributed by atoms with van der Waals surface area (Å²) in [5.41, 5.74) is 0.304. The van der Waals surface area contributed by atoms with E-state index in [2.05, 4.69) is 20.6 Å². The standard InChI is InChI=1S/C14H26N4O/c1-6-11-17-12(15-5)10(4)13(18-11)16-9-14(19,7-2)8-3/h19H,6-9H2,1-5H3,(H2,15,16,17,18). The fraction of sp³-hybridized carbons (Fsp3) is 0.714. The minimum atomic E-state index is -0.677. The highest BCUT2D eigenvalue weighted by Crippen LogP contribution is 2.22. The molecule has 0 radical (unpaired) electrons. The molecule has 5 heteroatoms. The molecule has 0 unspecified atom stereocenters. The molecule has 19 heavy (non-hydrogen) atoms. The van der Waals surface area contributed by atoms with Gasteiger partial charge in [0.05, 0.1) is 5.60 Å². The van der Waals surface area contributed by atoms with Crippen LogP contribution in [0.15, 0.2) is 0 Å². The number of hydrogen-bond acceptors (Lipinski definition) is 5. The SMILES string of the molecule is CCc1nc(NC)c(C)c(NCC(O)(CC)CC)n1. The first-order valence-corrected chi connectivity index (χ1v) is 7.01. The minimum Gasteiger partial charge on any atom is -0.388 e. The van der Waals surface area contributed by atoms with Gasteiger partial charge in [0.2, 0.25) is 0 Å². The maximum absolute atomic E-state index is 10.3. The van der Waals surface area contributed by atoms with Crippen molar-refractivity contribution in [3.8, 4) is 0 Å². The van der Waals surface area contributed by atoms with Crippen molar-refractivity contribution in [2.24, 2.45) is 0 Å². The van der Waals surface area contributed by atoms with Crippen LogP contribution in [-0.4, -0.2) is 34.3 Å². The third-order valence-electron chi connectivity index (χ3n) is 3.65. The molecule has 0 aromatic carbocycles. The zero-order valence-corrected chi connectivity index (χ0v) is 12.7. The molecule has 0 bridgehead atoms. The van der Waals surface area contributed by atoms with Gasteiger partial charge in [-0.3, -0.25) is 0 Å². The highest BCUT2D eigenvalue weighted by molar-refractivity contribution is 5.57. The molecule has 5 nitrogen and oxygen atoms in total. The highest BCUT2D eigenvalue weighted by atomic mass is 16.3. The van der Waals surface area contributed by atoms with Crippen molar-refractivity contribution in [3.05, 3.63) is 11.4 Å². The molecule has 0 aliphatic heterocycles. The van der Waals surface area contributed by atoms with Gasteiger partial charge in [-0.05, 0) is 19.8 Å². The van der Waals surface area contributed by atoms with Gasteiger partial charge in [0.1, 0.15) is 17.5 Å². The number of anilines is 2. The molecule has 1 heterocycles. The number of nitrogens with zero attached hydrogens (tertiary/aromatic N) is 2. The van der Waals surface area contributed by atoms with E-state index in [9.17, 15) is 5.11 Å². The summed E-state index contributed by atoms with van der Waals surface area (Å²) < 4.78 is 0. The molecular formula is C14H26N4O. The second-order valence-corrected chi connectivity index (χ2v) is 4.85. The second-order valence-electron chi connectivity index (χ2n) is 4.85. The van der Waals surface area contributed by atoms with Crippen molar-refractivity contribution in [3.63, 3.8) is 0 Å². The van der Waals surface area contributed by atoms with Crippen LogP contribution in [0.3, 0.4) is 0 Å². The lowest BCUT2D eigenvalue weighted by molar-refractivity contribution is 0.0456. The van der Waals surface area contributed by atoms with Crippen LogP contribution in [0.4, 0.5) is 11.6 Å². The van der Waals surface area contributed by atoms with Gasteiger partial charge in [-0.25, -0.2) is 9.97 Å². The lowest BCUT2D eigenvalue weighted by Crippen LogP contribution is -2.35. The van der Waals surface area contributed by atoms with Gasteiger partial charge in [-0.2, -0.15) is 0 Å². The van der Waals surface area contributed by atoms with E-state index < -0.39 is 5.60 Å². The molecule has 0 atom stereocenters. The largest absolute Gasteiger partial charge is 0.388 e. The van der Waals surface area contributed by atoms with Gasteiger partial charge >= 0.3 is 0 Å². The van der Waals surface area contributed by atoms with Crippen LogP contribution in [0, 0.1) is 6.92 Å². The Balaban J connectivity index is 2.94. The van der Waals surface area contributed by atoms with Crippen LogP contribution in [0.5, 0.6) is 0 Å². The molecule has 0 aliphatic carbocycles. The number of aromatic nitrogens is 2. The van der Waals surface area contributed by atoms with Gasteiger partial charge in [0, 0.05) is 25.6 Å². The fourth-order valence-corrected chi connectivity index (χ4v) is 1.88. The Hall–Kier alpha value is -1.36. The lowest BCUT2D eigenvalue weighted by Gasteiger charge is -2.26. The van der Waals surface area contributed by atoms with Gasteiger partial charge in [-0.1, -0.05) is 20.8 Å². The monoisotopic (exact) mass is 266 g/mol. The first-order chi connectivity index (χ1) is 8.99. The van der Waals surface area contributed by atoms with Gasteiger partial charge in [0.25, 0.3) is 0 Å². The zero-order chi connectivity index (χ0) is 14.5. The Morgan fingerprint density at radius 1 is 1.11 bits per heavy atom. The van der Waals surface area contributed by atoms with E-state index in [1.54, 1.807) is 0 Å². The molecule has 0 saturated heterocycles. The molecule has 1 aromatic rings. The zero-order valence-electron chi connectivity index (χ0n) is 12.7. The summed E-state index contributed by atoms with van der Waals surface area (Å²) in [6.07, 6.45) is 2.23. The second kappa shape index (κ2) is 6.70. The van der Waals surface area contributed by atoms with Crippen molar-refractivity contribution >= 4 is 11.6 Å². The minimum absolute atomic E-state index is 0.504. The average Bonchev–Trinajstić information content (AvgIpc) is 2.45. The first-order valence-electron chi connectivity index (χ1n) is 7.01. The van der Waals surface area contributed by atoms with Crippen LogP contribution in [0.25, 0.3) is 0 Å². The lowest BCUT2D eigenvalue weighted by atomic mass is 9.97. The van der Waals surface area contributed by atoms with Gasteiger partial charge in [-0.15, -0.1) is 0 Å². The summed E-state index contributed by atoms with van der Waals surface area (Å²) in [5.74, 6) is 2.44. The third kappa shape index (κ3) is 3.80. The van der Waals surface area contributed by atoms with Crippen molar-refractivity contribution < 1.29 is 5.11 Å².